The van der Waals surface area contributed by atoms with Crippen LogP contribution in [0.5, 0.6) is 0 Å². The van der Waals surface area contributed by atoms with Crippen molar-refractivity contribution in [2.45, 2.75) is 4.90 Å². The van der Waals surface area contributed by atoms with Gasteiger partial charge >= 0.3 is 0 Å². The normalized spacial score (nSPS) is 12.2. The number of para-hydroxylation sites is 1. The van der Waals surface area contributed by atoms with E-state index in [9.17, 15) is 3.89 Å². The summed E-state index contributed by atoms with van der Waals surface area (Å²) in [4.78, 5) is 0.634. The van der Waals surface area contributed by atoms with Crippen molar-refractivity contribution in [1.29, 1.82) is 0 Å². The fraction of sp³-hybridized carbons (Fsp3) is 0. The van der Waals surface area contributed by atoms with Crippen LogP contribution in [-0.4, -0.2) is 15.0 Å². The summed E-state index contributed by atoms with van der Waals surface area (Å²) >= 11 is 2.15. The number of benzene rings is 7. The Labute approximate surface area is 235 Å². The molecule has 0 aliphatic heterocycles. The lowest BCUT2D eigenvalue weighted by Gasteiger charge is -2.08. The summed E-state index contributed by atoms with van der Waals surface area (Å²) in [6.07, 6.45) is 0. The average Bonchev–Trinajstić information content (AvgIpc) is 3.62. The van der Waals surface area contributed by atoms with Crippen LogP contribution in [0.15, 0.2) is 114 Å². The fourth-order valence-electron chi connectivity index (χ4n) is 6.19. The third-order valence-electron chi connectivity index (χ3n) is 8.07. The maximum Gasteiger partial charge on any atom is 0.113 e. The highest BCUT2D eigenvalue weighted by molar-refractivity contribution is 7.94. The van der Waals surface area contributed by atoms with Crippen LogP contribution in [0.4, 0.5) is 3.89 Å². The number of hydrogen-bond acceptors (Lipinski definition) is 4. The summed E-state index contributed by atoms with van der Waals surface area (Å²) in [7, 11) is 0. The molecule has 2 heterocycles. The van der Waals surface area contributed by atoms with Gasteiger partial charge in [-0.05, 0) is 68.7 Å². The molecule has 188 valence electrons. The van der Waals surface area contributed by atoms with Crippen LogP contribution >= 0.6 is 23.5 Å². The summed E-state index contributed by atoms with van der Waals surface area (Å²) in [6, 6.07) is 38.1. The Hall–Kier alpha value is -4.52. The maximum absolute atomic E-state index is 13.2. The Balaban J connectivity index is 1.26. The first kappa shape index (κ1) is 22.3. The van der Waals surface area contributed by atoms with Gasteiger partial charge in [0.25, 0.3) is 0 Å². The number of rotatable bonds is 2. The topological polar surface area (TPSA) is 30.7 Å². The van der Waals surface area contributed by atoms with Crippen molar-refractivity contribution in [3.63, 3.8) is 0 Å². The Morgan fingerprint density at radius 3 is 1.88 bits per heavy atom. The van der Waals surface area contributed by atoms with Crippen molar-refractivity contribution in [3.05, 3.63) is 109 Å². The zero-order chi connectivity index (χ0) is 26.4. The van der Waals surface area contributed by atoms with E-state index in [1.165, 1.54) is 52.5 Å². The van der Waals surface area contributed by atoms with E-state index in [0.717, 1.165) is 27.5 Å². The molecule has 0 amide bonds. The van der Waals surface area contributed by atoms with E-state index in [1.54, 1.807) is 0 Å². The van der Waals surface area contributed by atoms with Gasteiger partial charge in [-0.2, -0.15) is 3.89 Å². The van der Waals surface area contributed by atoms with Gasteiger partial charge in [-0.15, -0.1) is 16.4 Å². The van der Waals surface area contributed by atoms with Crippen LogP contribution < -0.4 is 0 Å². The number of nitrogens with zero attached hydrogens (tertiary/aromatic N) is 3. The van der Waals surface area contributed by atoms with E-state index < -0.39 is 0 Å². The molecule has 2 aromatic heterocycles. The molecule has 0 spiro atoms. The van der Waals surface area contributed by atoms with E-state index in [-0.39, 0.29) is 0 Å². The lowest BCUT2D eigenvalue weighted by molar-refractivity contribution is 0.825. The van der Waals surface area contributed by atoms with Gasteiger partial charge in [0.1, 0.15) is 5.52 Å². The van der Waals surface area contributed by atoms with Crippen molar-refractivity contribution >= 4 is 97.8 Å². The molecule has 40 heavy (non-hydrogen) atoms. The van der Waals surface area contributed by atoms with Gasteiger partial charge in [0.05, 0.1) is 23.4 Å². The van der Waals surface area contributed by atoms with Crippen LogP contribution in [0.3, 0.4) is 0 Å². The molecule has 0 saturated carbocycles. The zero-order valence-electron chi connectivity index (χ0n) is 20.9. The number of thiophene rings is 1. The second-order valence-corrected chi connectivity index (χ2v) is 11.8. The molecule has 0 unspecified atom stereocenters. The number of fused-ring (bicyclic) bond motifs is 12. The lowest BCUT2D eigenvalue weighted by Crippen LogP contribution is -1.96. The average molecular weight is 552 g/mol. The summed E-state index contributed by atoms with van der Waals surface area (Å²) < 4.78 is 17.7. The quantitative estimate of drug-likeness (QED) is 0.200. The predicted molar refractivity (Wildman–Crippen MR) is 169 cm³/mol. The van der Waals surface area contributed by atoms with Gasteiger partial charge in [-0.1, -0.05) is 78.0 Å². The second-order valence-electron chi connectivity index (χ2n) is 10.2. The molecule has 3 nitrogen and oxygen atoms in total. The zero-order valence-corrected chi connectivity index (χ0v) is 22.6. The Morgan fingerprint density at radius 2 is 1.15 bits per heavy atom. The number of aromatic nitrogens is 3. The molecule has 0 saturated heterocycles. The largest absolute Gasteiger partial charge is 0.213 e. The molecule has 6 heteroatoms. The van der Waals surface area contributed by atoms with Crippen molar-refractivity contribution in [2.75, 3.05) is 0 Å². The summed E-state index contributed by atoms with van der Waals surface area (Å²) in [5, 5.41) is 20.9. The highest BCUT2D eigenvalue weighted by atomic mass is 32.2. The molecule has 0 atom stereocenters. The molecule has 7 aromatic carbocycles. The molecule has 9 rings (SSSR count). The molecule has 0 fully saturated rings. The third kappa shape index (κ3) is 3.06. The van der Waals surface area contributed by atoms with Crippen LogP contribution in [-0.2, 0) is 0 Å². The van der Waals surface area contributed by atoms with Crippen molar-refractivity contribution in [1.82, 2.24) is 15.0 Å². The van der Waals surface area contributed by atoms with Crippen molar-refractivity contribution < 1.29 is 3.89 Å². The first-order valence-corrected chi connectivity index (χ1v) is 14.6. The fourth-order valence-corrected chi connectivity index (χ4v) is 7.84. The van der Waals surface area contributed by atoms with Crippen LogP contribution in [0.25, 0.3) is 80.0 Å². The molecule has 0 aliphatic rings. The standard InChI is InChI=1S/C34H18FN3S2/c35-40-22-8-12-24-20(18-22)6-10-28-26(24)14-16-30-29-15-13-25-23-11-7-21(38-32-4-2-1-3-31(32)36-37-38)17-19(23)5-9-27(25)33(29)39-34(28)30/h1-18H. The first-order chi connectivity index (χ1) is 19.8. The summed E-state index contributed by atoms with van der Waals surface area (Å²) in [5.41, 5.74) is 2.88. The molecule has 0 aliphatic carbocycles. The van der Waals surface area contributed by atoms with E-state index in [0.29, 0.717) is 17.0 Å². The van der Waals surface area contributed by atoms with Crippen molar-refractivity contribution in [3.8, 4) is 5.69 Å². The van der Waals surface area contributed by atoms with Crippen LogP contribution in [0, 0.1) is 0 Å². The number of hydrogen-bond donors (Lipinski definition) is 0. The Bertz CT molecular complexity index is 2490. The van der Waals surface area contributed by atoms with Gasteiger partial charge in [0.2, 0.25) is 0 Å². The van der Waals surface area contributed by atoms with Gasteiger partial charge in [0.15, 0.2) is 0 Å². The second kappa shape index (κ2) is 8.24. The highest BCUT2D eigenvalue weighted by Gasteiger charge is 2.14. The molecule has 0 N–H and O–H groups in total. The Kier molecular flexibility index (Phi) is 4.60. The molecule has 0 radical (unpaired) electrons. The minimum Gasteiger partial charge on any atom is -0.213 e. The lowest BCUT2D eigenvalue weighted by atomic mass is 9.98. The molecule has 0 bridgehead atoms. The van der Waals surface area contributed by atoms with E-state index in [2.05, 4.69) is 77.0 Å². The van der Waals surface area contributed by atoms with Crippen LogP contribution in [0.2, 0.25) is 0 Å². The molecule has 9 aromatic rings. The van der Waals surface area contributed by atoms with E-state index in [1.807, 2.05) is 58.5 Å². The van der Waals surface area contributed by atoms with Gasteiger partial charge in [0, 0.05) is 35.8 Å². The van der Waals surface area contributed by atoms with E-state index in [4.69, 9.17) is 0 Å². The predicted octanol–water partition coefficient (Wildman–Crippen LogP) is 10.4. The SMILES string of the molecule is FSc1ccc2c(ccc3c2ccc2c4ccc5c6ccc(-n7nnc8ccccc87)cc6ccc5c4sc32)c1. The summed E-state index contributed by atoms with van der Waals surface area (Å²) in [6.45, 7) is 0. The monoisotopic (exact) mass is 551 g/mol. The third-order valence-corrected chi connectivity index (χ3v) is 9.79. The Morgan fingerprint density at radius 1 is 0.575 bits per heavy atom. The smallest absolute Gasteiger partial charge is 0.113 e. The number of halogens is 1. The highest BCUT2D eigenvalue weighted by Crippen LogP contribution is 2.44. The van der Waals surface area contributed by atoms with Crippen LogP contribution in [0.1, 0.15) is 0 Å². The minimum atomic E-state index is 0.292. The molecular formula is C34H18FN3S2. The van der Waals surface area contributed by atoms with Gasteiger partial charge < -0.3 is 0 Å². The van der Waals surface area contributed by atoms with Gasteiger partial charge in [-0.25, -0.2) is 4.68 Å². The molecular weight excluding hydrogens is 534 g/mol. The minimum absolute atomic E-state index is 0.292. The van der Waals surface area contributed by atoms with Gasteiger partial charge in [-0.3, -0.25) is 0 Å². The summed E-state index contributed by atoms with van der Waals surface area (Å²) in [5.74, 6) is 0. The first-order valence-electron chi connectivity index (χ1n) is 13.0. The maximum atomic E-state index is 13.2. The van der Waals surface area contributed by atoms with Crippen molar-refractivity contribution in [2.24, 2.45) is 0 Å². The van der Waals surface area contributed by atoms with E-state index >= 15 is 0 Å².